The number of allylic oxidation sites excluding steroid dienone is 1. The molecule has 2 aliphatic heterocycles. The highest BCUT2D eigenvalue weighted by Gasteiger charge is 2.63. The summed E-state index contributed by atoms with van der Waals surface area (Å²) in [6, 6.07) is 47.3. The molecular weight excluding hydrogens is 671 g/mol. The molecule has 10 aromatic rings. The lowest BCUT2D eigenvalue weighted by Crippen LogP contribution is -2.70. The maximum absolute atomic E-state index is 6.65. The maximum Gasteiger partial charge on any atom is 0.218 e. The van der Waals surface area contributed by atoms with E-state index in [2.05, 4.69) is 167 Å². The van der Waals surface area contributed by atoms with E-state index in [0.717, 1.165) is 49.0 Å². The van der Waals surface area contributed by atoms with Gasteiger partial charge in [-0.25, -0.2) is 0 Å². The first kappa shape index (κ1) is 31.1. The third kappa shape index (κ3) is 3.77. The summed E-state index contributed by atoms with van der Waals surface area (Å²) < 4.78 is 14.3. The van der Waals surface area contributed by atoms with Crippen LogP contribution in [0.2, 0.25) is 0 Å². The standard InChI is InChI=1S/C51H41N3O/c1-4-50-25-24-33-16-6-7-17-34(33)41-20-12-14-26-52(41)32(3)31-51(50,5-2)53-27-15-13-21-42(53)38-28-39-44(30-40(38)50)54-43-22-10-8-18-35(43)37-29-46-47(48(39)49(37)54)36-19-9-11-23-45(36)55-46/h6-23,26-30H,3-5,24-25,31H2,1-2H3/q+2. The van der Waals surface area contributed by atoms with Crippen molar-refractivity contribution in [3.8, 4) is 22.5 Å². The van der Waals surface area contributed by atoms with Crippen molar-refractivity contribution in [1.29, 1.82) is 0 Å². The summed E-state index contributed by atoms with van der Waals surface area (Å²) in [6.45, 7) is 9.76. The van der Waals surface area contributed by atoms with Crippen LogP contribution in [-0.4, -0.2) is 4.40 Å². The highest BCUT2D eigenvalue weighted by molar-refractivity contribution is 6.35. The van der Waals surface area contributed by atoms with E-state index in [4.69, 9.17) is 11.0 Å². The lowest BCUT2D eigenvalue weighted by Gasteiger charge is -2.50. The van der Waals surface area contributed by atoms with Crippen molar-refractivity contribution < 1.29 is 13.6 Å². The first-order valence-electron chi connectivity index (χ1n) is 19.9. The molecular formula is C51H41N3O+2. The number of nitrogens with zero attached hydrogens (tertiary/aromatic N) is 3. The number of aromatic nitrogens is 3. The minimum Gasteiger partial charge on any atom is -0.456 e. The largest absolute Gasteiger partial charge is 0.456 e. The number of aryl methyl sites for hydroxylation is 1. The molecule has 7 heterocycles. The van der Waals surface area contributed by atoms with Gasteiger partial charge < -0.3 is 8.82 Å². The van der Waals surface area contributed by atoms with Crippen LogP contribution in [0.1, 0.15) is 50.7 Å². The summed E-state index contributed by atoms with van der Waals surface area (Å²) in [6.07, 6.45) is 9.38. The van der Waals surface area contributed by atoms with Crippen LogP contribution in [0.25, 0.3) is 88.2 Å². The molecule has 0 radical (unpaired) electrons. The number of para-hydroxylation sites is 2. The minimum atomic E-state index is -0.267. The Balaban J connectivity index is 1.25. The second kappa shape index (κ2) is 10.9. The Morgan fingerprint density at radius 2 is 1.42 bits per heavy atom. The summed E-state index contributed by atoms with van der Waals surface area (Å²) in [4.78, 5) is 0. The van der Waals surface area contributed by atoms with Crippen LogP contribution in [0.4, 0.5) is 0 Å². The third-order valence-corrected chi connectivity index (χ3v) is 13.9. The highest BCUT2D eigenvalue weighted by atomic mass is 16.3. The van der Waals surface area contributed by atoms with E-state index >= 15 is 0 Å². The number of hydrogen-bond donors (Lipinski definition) is 0. The molecule has 5 aromatic heterocycles. The molecule has 2 unspecified atom stereocenters. The van der Waals surface area contributed by atoms with Crippen molar-refractivity contribution in [1.82, 2.24) is 4.40 Å². The molecule has 5 aromatic carbocycles. The van der Waals surface area contributed by atoms with Crippen molar-refractivity contribution >= 4 is 65.7 Å². The molecule has 0 amide bonds. The summed E-state index contributed by atoms with van der Waals surface area (Å²) >= 11 is 0. The molecule has 0 saturated carbocycles. The Bertz CT molecular complexity index is 3250. The zero-order chi connectivity index (χ0) is 36.6. The lowest BCUT2D eigenvalue weighted by atomic mass is 9.55. The first-order chi connectivity index (χ1) is 27.1. The van der Waals surface area contributed by atoms with Crippen molar-refractivity contribution in [2.75, 3.05) is 0 Å². The molecule has 264 valence electrons. The Morgan fingerprint density at radius 3 is 2.29 bits per heavy atom. The van der Waals surface area contributed by atoms with Crippen LogP contribution in [0.5, 0.6) is 0 Å². The van der Waals surface area contributed by atoms with E-state index in [-0.39, 0.29) is 11.0 Å². The van der Waals surface area contributed by atoms with Crippen molar-refractivity contribution in [3.05, 3.63) is 157 Å². The third-order valence-electron chi connectivity index (χ3n) is 13.9. The van der Waals surface area contributed by atoms with Gasteiger partial charge in [0.1, 0.15) is 11.2 Å². The molecule has 0 aliphatic carbocycles. The summed E-state index contributed by atoms with van der Waals surface area (Å²) in [5.74, 6) is 0. The highest BCUT2D eigenvalue weighted by Crippen LogP contribution is 2.57. The quantitative estimate of drug-likeness (QED) is 0.164. The van der Waals surface area contributed by atoms with Crippen molar-refractivity contribution in [3.63, 3.8) is 0 Å². The van der Waals surface area contributed by atoms with Gasteiger partial charge in [-0.1, -0.05) is 68.4 Å². The molecule has 0 bridgehead atoms. The SMILES string of the molecule is C=C1CC2(CC)[n+]3ccccc3-c3cc4c5c6c(cc7c8ccccc8n(c4cc3C2(CC)CCc2ccccc2-c2cccc[n+]21)c75)oc1ccccc16. The number of furan rings is 1. The Kier molecular flexibility index (Phi) is 6.18. The van der Waals surface area contributed by atoms with Crippen LogP contribution in [-0.2, 0) is 17.4 Å². The predicted octanol–water partition coefficient (Wildman–Crippen LogP) is 11.9. The van der Waals surface area contributed by atoms with Gasteiger partial charge in [-0.2, -0.15) is 9.13 Å². The van der Waals surface area contributed by atoms with E-state index in [9.17, 15) is 0 Å². The van der Waals surface area contributed by atoms with Crippen molar-refractivity contribution in [2.45, 2.75) is 56.9 Å². The molecule has 12 rings (SSSR count). The van der Waals surface area contributed by atoms with Gasteiger partial charge in [-0.3, -0.25) is 0 Å². The molecule has 4 nitrogen and oxygen atoms in total. The molecule has 0 spiro atoms. The molecule has 0 saturated heterocycles. The summed E-state index contributed by atoms with van der Waals surface area (Å²) in [5.41, 5.74) is 14.3. The fraction of sp³-hybridized carbons (Fsp3) is 0.176. The van der Waals surface area contributed by atoms with Crippen LogP contribution < -0.4 is 9.13 Å². The number of fused-ring (bicyclic) bond motifs is 19. The van der Waals surface area contributed by atoms with Crippen molar-refractivity contribution in [2.24, 2.45) is 0 Å². The second-order valence-electron chi connectivity index (χ2n) is 16.0. The van der Waals surface area contributed by atoms with Gasteiger partial charge in [0.05, 0.1) is 33.9 Å². The van der Waals surface area contributed by atoms with Gasteiger partial charge in [0.25, 0.3) is 0 Å². The smallest absolute Gasteiger partial charge is 0.218 e. The Hall–Kier alpha value is -6.26. The van der Waals surface area contributed by atoms with Crippen LogP contribution in [0, 0.1) is 0 Å². The Morgan fingerprint density at radius 1 is 0.655 bits per heavy atom. The van der Waals surface area contributed by atoms with Crippen LogP contribution in [0.3, 0.4) is 0 Å². The number of pyridine rings is 2. The number of benzene rings is 5. The van der Waals surface area contributed by atoms with Crippen LogP contribution >= 0.6 is 0 Å². The van der Waals surface area contributed by atoms with E-state index in [0.29, 0.717) is 0 Å². The van der Waals surface area contributed by atoms with Gasteiger partial charge in [-0.05, 0) is 85.5 Å². The summed E-state index contributed by atoms with van der Waals surface area (Å²) in [7, 11) is 0. The molecule has 55 heavy (non-hydrogen) atoms. The van der Waals surface area contributed by atoms with E-state index in [1.54, 1.807) is 0 Å². The zero-order valence-electron chi connectivity index (χ0n) is 31.3. The van der Waals surface area contributed by atoms with Crippen LogP contribution in [0.15, 0.2) is 151 Å². The number of hydrogen-bond acceptors (Lipinski definition) is 1. The lowest BCUT2D eigenvalue weighted by molar-refractivity contribution is -0.771. The van der Waals surface area contributed by atoms with E-state index in [1.165, 1.54) is 82.5 Å². The van der Waals surface area contributed by atoms with Gasteiger partial charge in [-0.15, -0.1) is 0 Å². The topological polar surface area (TPSA) is 25.3 Å². The fourth-order valence-corrected chi connectivity index (χ4v) is 11.6. The second-order valence-corrected chi connectivity index (χ2v) is 16.0. The van der Waals surface area contributed by atoms with Gasteiger partial charge >= 0.3 is 0 Å². The number of rotatable bonds is 2. The molecule has 4 heteroatoms. The normalized spacial score (nSPS) is 19.6. The first-order valence-corrected chi connectivity index (χ1v) is 19.9. The summed E-state index contributed by atoms with van der Waals surface area (Å²) in [5, 5.41) is 7.46. The zero-order valence-corrected chi connectivity index (χ0v) is 31.3. The maximum atomic E-state index is 6.65. The average Bonchev–Trinajstić information content (AvgIpc) is 3.89. The molecule has 0 fully saturated rings. The van der Waals surface area contributed by atoms with Gasteiger partial charge in [0, 0.05) is 68.6 Å². The Labute approximate surface area is 319 Å². The fourth-order valence-electron chi connectivity index (χ4n) is 11.6. The molecule has 0 N–H and O–H groups in total. The van der Waals surface area contributed by atoms with E-state index < -0.39 is 0 Å². The van der Waals surface area contributed by atoms with Gasteiger partial charge in [0.15, 0.2) is 23.6 Å². The monoisotopic (exact) mass is 711 g/mol. The van der Waals surface area contributed by atoms with E-state index in [1.807, 2.05) is 0 Å². The molecule has 2 atom stereocenters. The predicted molar refractivity (Wildman–Crippen MR) is 225 cm³/mol. The van der Waals surface area contributed by atoms with Gasteiger partial charge in [0.2, 0.25) is 11.4 Å². The average molecular weight is 712 g/mol. The minimum absolute atomic E-state index is 0.206. The molecule has 2 aliphatic rings.